The molecule has 2 aromatic rings. The second kappa shape index (κ2) is 5.44. The third-order valence-electron chi connectivity index (χ3n) is 4.91. The number of fused-ring (bicyclic) bond motifs is 1. The molecule has 8 heteroatoms. The minimum atomic E-state index is -0.591. The molecule has 0 aromatic carbocycles. The van der Waals surface area contributed by atoms with Gasteiger partial charge in [0.05, 0.1) is 18.8 Å². The van der Waals surface area contributed by atoms with Crippen molar-refractivity contribution in [3.05, 3.63) is 29.2 Å². The predicted octanol–water partition coefficient (Wildman–Crippen LogP) is 1.40. The Morgan fingerprint density at radius 3 is 2.80 bits per heavy atom. The number of aromatic nitrogens is 3. The average molecular weight is 343 g/mol. The molecule has 0 aliphatic carbocycles. The van der Waals surface area contributed by atoms with Gasteiger partial charge in [-0.25, -0.2) is 14.3 Å². The van der Waals surface area contributed by atoms with Crippen LogP contribution in [0.3, 0.4) is 0 Å². The summed E-state index contributed by atoms with van der Waals surface area (Å²) < 4.78 is 7.31. The molecule has 8 nitrogen and oxygen atoms in total. The smallest absolute Gasteiger partial charge is 0.410 e. The van der Waals surface area contributed by atoms with Crippen molar-refractivity contribution in [3.63, 3.8) is 0 Å². The molecule has 0 bridgehead atoms. The van der Waals surface area contributed by atoms with Crippen molar-refractivity contribution >= 4 is 17.6 Å². The SMILES string of the molecule is Cc1cc2nc(C(=O)N3CCC[C@]4(CN(C)C(=O)O4)C3)cc(C)n2n1. The first kappa shape index (κ1) is 15.9. The van der Waals surface area contributed by atoms with Gasteiger partial charge in [0.25, 0.3) is 5.91 Å². The van der Waals surface area contributed by atoms with Gasteiger partial charge in [-0.2, -0.15) is 5.10 Å². The van der Waals surface area contributed by atoms with Crippen molar-refractivity contribution in [1.82, 2.24) is 24.4 Å². The summed E-state index contributed by atoms with van der Waals surface area (Å²) in [5, 5.41) is 4.37. The van der Waals surface area contributed by atoms with E-state index in [9.17, 15) is 9.59 Å². The third kappa shape index (κ3) is 2.61. The molecule has 2 fully saturated rings. The highest BCUT2D eigenvalue weighted by Crippen LogP contribution is 2.31. The number of carbonyl (C=O) groups excluding carboxylic acids is 2. The number of hydrogen-bond acceptors (Lipinski definition) is 5. The summed E-state index contributed by atoms with van der Waals surface area (Å²) in [5.41, 5.74) is 2.20. The van der Waals surface area contributed by atoms with E-state index in [0.717, 1.165) is 24.2 Å². The van der Waals surface area contributed by atoms with E-state index in [4.69, 9.17) is 4.74 Å². The van der Waals surface area contributed by atoms with Gasteiger partial charge in [-0.3, -0.25) is 4.79 Å². The lowest BCUT2D eigenvalue weighted by atomic mass is 9.92. The van der Waals surface area contributed by atoms with Crippen LogP contribution in [0.1, 0.15) is 34.7 Å². The molecule has 2 saturated heterocycles. The molecule has 2 aromatic heterocycles. The molecule has 1 atom stereocenters. The average Bonchev–Trinajstić information content (AvgIpc) is 3.06. The van der Waals surface area contributed by atoms with E-state index in [1.54, 1.807) is 27.4 Å². The number of likely N-dealkylation sites (N-methyl/N-ethyl adjacent to an activating group) is 1. The zero-order chi connectivity index (χ0) is 17.8. The fourth-order valence-corrected chi connectivity index (χ4v) is 3.79. The molecule has 0 radical (unpaired) electrons. The van der Waals surface area contributed by atoms with E-state index in [-0.39, 0.29) is 12.0 Å². The Morgan fingerprint density at radius 2 is 2.08 bits per heavy atom. The molecule has 4 rings (SSSR count). The normalized spacial score (nSPS) is 23.6. The lowest BCUT2D eigenvalue weighted by Gasteiger charge is -2.38. The first-order chi connectivity index (χ1) is 11.9. The monoisotopic (exact) mass is 343 g/mol. The van der Waals surface area contributed by atoms with Crippen LogP contribution in [0.5, 0.6) is 0 Å². The van der Waals surface area contributed by atoms with Crippen molar-refractivity contribution in [2.24, 2.45) is 0 Å². The number of amides is 2. The third-order valence-corrected chi connectivity index (χ3v) is 4.91. The van der Waals surface area contributed by atoms with Crippen molar-refractivity contribution in [1.29, 1.82) is 0 Å². The maximum atomic E-state index is 13.0. The Bertz CT molecular complexity index is 877. The quantitative estimate of drug-likeness (QED) is 0.782. The van der Waals surface area contributed by atoms with Crippen LogP contribution in [0.2, 0.25) is 0 Å². The molecule has 0 unspecified atom stereocenters. The summed E-state index contributed by atoms with van der Waals surface area (Å²) in [6.07, 6.45) is 1.26. The lowest BCUT2D eigenvalue weighted by Crippen LogP contribution is -2.52. The van der Waals surface area contributed by atoms with Crippen LogP contribution in [-0.4, -0.2) is 68.7 Å². The number of nitrogens with zero attached hydrogens (tertiary/aromatic N) is 5. The number of aryl methyl sites for hydroxylation is 2. The Balaban J connectivity index is 1.61. The molecule has 1 spiro atoms. The number of piperidine rings is 1. The van der Waals surface area contributed by atoms with Crippen molar-refractivity contribution in [2.45, 2.75) is 32.3 Å². The van der Waals surface area contributed by atoms with Gasteiger partial charge < -0.3 is 14.5 Å². The van der Waals surface area contributed by atoms with E-state index < -0.39 is 5.60 Å². The van der Waals surface area contributed by atoms with Gasteiger partial charge in [-0.05, 0) is 32.8 Å². The Morgan fingerprint density at radius 1 is 1.28 bits per heavy atom. The Hall–Kier alpha value is -2.64. The zero-order valence-electron chi connectivity index (χ0n) is 14.7. The Labute approximate surface area is 145 Å². The van der Waals surface area contributed by atoms with Crippen molar-refractivity contribution in [3.8, 4) is 0 Å². The van der Waals surface area contributed by atoms with E-state index >= 15 is 0 Å². The first-order valence-corrected chi connectivity index (χ1v) is 8.44. The van der Waals surface area contributed by atoms with E-state index in [1.165, 1.54) is 0 Å². The highest BCUT2D eigenvalue weighted by Gasteiger charge is 2.47. The first-order valence-electron chi connectivity index (χ1n) is 8.44. The molecular weight excluding hydrogens is 322 g/mol. The molecule has 2 aliphatic rings. The Kier molecular flexibility index (Phi) is 3.45. The maximum absolute atomic E-state index is 13.0. The minimum Gasteiger partial charge on any atom is -0.439 e. The lowest BCUT2D eigenvalue weighted by molar-refractivity contribution is -0.00540. The van der Waals surface area contributed by atoms with Crippen LogP contribution in [-0.2, 0) is 4.74 Å². The van der Waals surface area contributed by atoms with Crippen LogP contribution < -0.4 is 0 Å². The maximum Gasteiger partial charge on any atom is 0.410 e. The highest BCUT2D eigenvalue weighted by atomic mass is 16.6. The fourth-order valence-electron chi connectivity index (χ4n) is 3.79. The topological polar surface area (TPSA) is 80.0 Å². The summed E-state index contributed by atoms with van der Waals surface area (Å²) in [7, 11) is 1.72. The van der Waals surface area contributed by atoms with Crippen LogP contribution in [0.4, 0.5) is 4.79 Å². The van der Waals surface area contributed by atoms with Crippen LogP contribution in [0, 0.1) is 13.8 Å². The number of rotatable bonds is 1. The molecule has 0 saturated carbocycles. The second-order valence-electron chi connectivity index (χ2n) is 7.08. The summed E-state index contributed by atoms with van der Waals surface area (Å²) in [4.78, 5) is 32.5. The minimum absolute atomic E-state index is 0.130. The van der Waals surface area contributed by atoms with Crippen LogP contribution in [0.15, 0.2) is 12.1 Å². The largest absolute Gasteiger partial charge is 0.439 e. The molecule has 2 aliphatic heterocycles. The number of ether oxygens (including phenoxy) is 1. The van der Waals surface area contributed by atoms with E-state index in [1.807, 2.05) is 19.9 Å². The van der Waals surface area contributed by atoms with E-state index in [2.05, 4.69) is 10.1 Å². The van der Waals surface area contributed by atoms with Gasteiger partial charge in [0.2, 0.25) is 0 Å². The van der Waals surface area contributed by atoms with Crippen LogP contribution in [0.25, 0.3) is 5.65 Å². The summed E-state index contributed by atoms with van der Waals surface area (Å²) in [5.74, 6) is -0.130. The predicted molar refractivity (Wildman–Crippen MR) is 89.4 cm³/mol. The highest BCUT2D eigenvalue weighted by molar-refractivity contribution is 5.93. The number of carbonyl (C=O) groups is 2. The number of likely N-dealkylation sites (tertiary alicyclic amines) is 1. The number of hydrogen-bond donors (Lipinski definition) is 0. The van der Waals surface area contributed by atoms with Crippen molar-refractivity contribution < 1.29 is 14.3 Å². The van der Waals surface area contributed by atoms with Gasteiger partial charge in [0.1, 0.15) is 11.3 Å². The van der Waals surface area contributed by atoms with Gasteiger partial charge in [0, 0.05) is 25.4 Å². The van der Waals surface area contributed by atoms with E-state index in [0.29, 0.717) is 31.0 Å². The molecule has 2 amide bonds. The standard InChI is InChI=1S/C17H21N5O3/c1-11-7-14-18-13(8-12(2)22(14)19-11)15(23)21-6-4-5-17(10-21)9-20(3)16(24)25-17/h7-8H,4-6,9-10H2,1-3H3/t17-/m0/s1. The summed E-state index contributed by atoms with van der Waals surface area (Å²) in [6, 6.07) is 3.62. The molecule has 0 N–H and O–H groups in total. The zero-order valence-corrected chi connectivity index (χ0v) is 14.7. The van der Waals surface area contributed by atoms with Gasteiger partial charge in [-0.15, -0.1) is 0 Å². The summed E-state index contributed by atoms with van der Waals surface area (Å²) >= 11 is 0. The van der Waals surface area contributed by atoms with Gasteiger partial charge >= 0.3 is 6.09 Å². The second-order valence-corrected chi connectivity index (χ2v) is 7.08. The fraction of sp³-hybridized carbons (Fsp3) is 0.529. The molecule has 132 valence electrons. The van der Waals surface area contributed by atoms with Crippen molar-refractivity contribution in [2.75, 3.05) is 26.7 Å². The van der Waals surface area contributed by atoms with Gasteiger partial charge in [-0.1, -0.05) is 0 Å². The molecule has 25 heavy (non-hydrogen) atoms. The van der Waals surface area contributed by atoms with Crippen LogP contribution >= 0.6 is 0 Å². The molecular formula is C17H21N5O3. The summed E-state index contributed by atoms with van der Waals surface area (Å²) in [6.45, 7) is 5.37. The van der Waals surface area contributed by atoms with Gasteiger partial charge in [0.15, 0.2) is 5.65 Å². The molecule has 4 heterocycles.